The molecule has 0 spiro atoms. The number of aromatic nitrogens is 2. The van der Waals surface area contributed by atoms with Crippen LogP contribution in [0.15, 0.2) is 30.3 Å². The van der Waals surface area contributed by atoms with E-state index in [1.807, 2.05) is 30.7 Å². The summed E-state index contributed by atoms with van der Waals surface area (Å²) in [6, 6.07) is 10.3. The average Bonchev–Trinajstić information content (AvgIpc) is 2.71. The van der Waals surface area contributed by atoms with Gasteiger partial charge in [0.15, 0.2) is 0 Å². The van der Waals surface area contributed by atoms with Crippen LogP contribution in [-0.4, -0.2) is 21.5 Å². The normalized spacial score (nSPS) is 12.7. The van der Waals surface area contributed by atoms with Gasteiger partial charge in [-0.15, -0.1) is 0 Å². The van der Waals surface area contributed by atoms with Crippen molar-refractivity contribution in [2.24, 2.45) is 0 Å². The first-order chi connectivity index (χ1) is 8.13. The predicted molar refractivity (Wildman–Crippen MR) is 68.9 cm³/mol. The lowest BCUT2D eigenvalue weighted by atomic mass is 10.1. The van der Waals surface area contributed by atoms with Crippen molar-refractivity contribution in [1.82, 2.24) is 9.78 Å². The SMILES string of the molecule is Cc1cc(-c2ccccc2C)n(C(C)CO)n1. The molecule has 0 bridgehead atoms. The van der Waals surface area contributed by atoms with Crippen molar-refractivity contribution < 1.29 is 5.11 Å². The van der Waals surface area contributed by atoms with E-state index in [4.69, 9.17) is 0 Å². The van der Waals surface area contributed by atoms with Crippen molar-refractivity contribution in [3.05, 3.63) is 41.6 Å². The van der Waals surface area contributed by atoms with Crippen LogP contribution < -0.4 is 0 Å². The Hall–Kier alpha value is -1.61. The smallest absolute Gasteiger partial charge is 0.0729 e. The van der Waals surface area contributed by atoms with E-state index in [1.54, 1.807) is 0 Å². The van der Waals surface area contributed by atoms with Gasteiger partial charge < -0.3 is 5.11 Å². The summed E-state index contributed by atoms with van der Waals surface area (Å²) in [4.78, 5) is 0. The van der Waals surface area contributed by atoms with Crippen LogP contribution in [0.4, 0.5) is 0 Å². The number of hydrogen-bond donors (Lipinski definition) is 1. The monoisotopic (exact) mass is 230 g/mol. The molecule has 3 heteroatoms. The van der Waals surface area contributed by atoms with Crippen LogP contribution in [0.25, 0.3) is 11.3 Å². The van der Waals surface area contributed by atoms with Gasteiger partial charge in [0.25, 0.3) is 0 Å². The number of aliphatic hydroxyl groups excluding tert-OH is 1. The maximum absolute atomic E-state index is 9.28. The van der Waals surface area contributed by atoms with Gasteiger partial charge in [-0.1, -0.05) is 24.3 Å². The van der Waals surface area contributed by atoms with Gasteiger partial charge in [-0.05, 0) is 32.4 Å². The molecule has 0 amide bonds. The molecule has 0 aliphatic carbocycles. The third-order valence-corrected chi connectivity index (χ3v) is 2.96. The van der Waals surface area contributed by atoms with E-state index in [2.05, 4.69) is 30.2 Å². The quantitative estimate of drug-likeness (QED) is 0.880. The fraction of sp³-hybridized carbons (Fsp3) is 0.357. The maximum atomic E-state index is 9.28. The van der Waals surface area contributed by atoms with Crippen LogP contribution in [0.5, 0.6) is 0 Å². The lowest BCUT2D eigenvalue weighted by molar-refractivity contribution is 0.230. The Morgan fingerprint density at radius 3 is 2.65 bits per heavy atom. The lowest BCUT2D eigenvalue weighted by Gasteiger charge is -2.14. The molecule has 0 saturated heterocycles. The molecule has 90 valence electrons. The van der Waals surface area contributed by atoms with Crippen LogP contribution in [-0.2, 0) is 0 Å². The second-order valence-corrected chi connectivity index (χ2v) is 4.46. The Kier molecular flexibility index (Phi) is 3.29. The molecule has 0 aliphatic rings. The van der Waals surface area contributed by atoms with Crippen molar-refractivity contribution in [3.8, 4) is 11.3 Å². The zero-order valence-electron chi connectivity index (χ0n) is 10.5. The number of nitrogens with zero attached hydrogens (tertiary/aromatic N) is 2. The minimum atomic E-state index is -0.00157. The van der Waals surface area contributed by atoms with E-state index >= 15 is 0 Å². The molecule has 17 heavy (non-hydrogen) atoms. The highest BCUT2D eigenvalue weighted by Gasteiger charge is 2.13. The summed E-state index contributed by atoms with van der Waals surface area (Å²) in [5.41, 5.74) is 4.44. The summed E-state index contributed by atoms with van der Waals surface area (Å²) in [6.45, 7) is 6.13. The summed E-state index contributed by atoms with van der Waals surface area (Å²) in [6.07, 6.45) is 0. The van der Waals surface area contributed by atoms with E-state index in [-0.39, 0.29) is 12.6 Å². The van der Waals surface area contributed by atoms with Crippen LogP contribution in [0, 0.1) is 13.8 Å². The van der Waals surface area contributed by atoms with Gasteiger partial charge in [-0.25, -0.2) is 0 Å². The van der Waals surface area contributed by atoms with Gasteiger partial charge >= 0.3 is 0 Å². The molecule has 1 heterocycles. The molecule has 1 unspecified atom stereocenters. The molecule has 3 nitrogen and oxygen atoms in total. The molecule has 0 saturated carbocycles. The van der Waals surface area contributed by atoms with Gasteiger partial charge in [-0.3, -0.25) is 4.68 Å². The predicted octanol–water partition coefficient (Wildman–Crippen LogP) is 2.72. The minimum Gasteiger partial charge on any atom is -0.394 e. The highest BCUT2D eigenvalue weighted by atomic mass is 16.3. The van der Waals surface area contributed by atoms with E-state index in [0.717, 1.165) is 11.4 Å². The van der Waals surface area contributed by atoms with Gasteiger partial charge in [0.05, 0.1) is 24.0 Å². The molecule has 0 aliphatic heterocycles. The standard InChI is InChI=1S/C14H18N2O/c1-10-6-4-5-7-13(10)14-8-11(2)15-16(14)12(3)9-17/h4-8,12,17H,9H2,1-3H3. The van der Waals surface area contributed by atoms with Crippen molar-refractivity contribution in [2.45, 2.75) is 26.8 Å². The third-order valence-electron chi connectivity index (χ3n) is 2.96. The largest absolute Gasteiger partial charge is 0.394 e. The fourth-order valence-electron chi connectivity index (χ4n) is 1.99. The molecule has 1 N–H and O–H groups in total. The summed E-state index contributed by atoms with van der Waals surface area (Å²) in [5.74, 6) is 0. The number of benzene rings is 1. The highest BCUT2D eigenvalue weighted by molar-refractivity contribution is 5.64. The minimum absolute atomic E-state index is 0.00157. The molecule has 2 aromatic rings. The van der Waals surface area contributed by atoms with Gasteiger partial charge in [0.1, 0.15) is 0 Å². The molecular formula is C14H18N2O. The molecule has 1 aromatic carbocycles. The zero-order chi connectivity index (χ0) is 12.4. The average molecular weight is 230 g/mol. The van der Waals surface area contributed by atoms with Crippen LogP contribution in [0.2, 0.25) is 0 Å². The Balaban J connectivity index is 2.56. The molecule has 0 radical (unpaired) electrons. The molecule has 0 fully saturated rings. The molecular weight excluding hydrogens is 212 g/mol. The summed E-state index contributed by atoms with van der Waals surface area (Å²) in [5, 5.41) is 13.7. The number of hydrogen-bond acceptors (Lipinski definition) is 2. The molecule has 1 aromatic heterocycles. The maximum Gasteiger partial charge on any atom is 0.0729 e. The first-order valence-electron chi connectivity index (χ1n) is 5.86. The van der Waals surface area contributed by atoms with Gasteiger partial charge in [-0.2, -0.15) is 5.10 Å². The topological polar surface area (TPSA) is 38.0 Å². The second-order valence-electron chi connectivity index (χ2n) is 4.46. The van der Waals surface area contributed by atoms with Crippen molar-refractivity contribution in [1.29, 1.82) is 0 Å². The second kappa shape index (κ2) is 4.72. The number of aliphatic hydroxyl groups is 1. The fourth-order valence-corrected chi connectivity index (χ4v) is 1.99. The van der Waals surface area contributed by atoms with Crippen LogP contribution in [0.1, 0.15) is 24.2 Å². The van der Waals surface area contributed by atoms with E-state index in [0.29, 0.717) is 0 Å². The first-order valence-corrected chi connectivity index (χ1v) is 5.86. The summed E-state index contributed by atoms with van der Waals surface area (Å²) < 4.78 is 1.90. The number of rotatable bonds is 3. The van der Waals surface area contributed by atoms with Crippen molar-refractivity contribution >= 4 is 0 Å². The lowest BCUT2D eigenvalue weighted by Crippen LogP contribution is -2.12. The van der Waals surface area contributed by atoms with Gasteiger partial charge in [0.2, 0.25) is 0 Å². The Bertz CT molecular complexity index is 517. The van der Waals surface area contributed by atoms with Crippen LogP contribution in [0.3, 0.4) is 0 Å². The molecule has 2 rings (SSSR count). The van der Waals surface area contributed by atoms with E-state index in [1.165, 1.54) is 11.1 Å². The van der Waals surface area contributed by atoms with Crippen LogP contribution >= 0.6 is 0 Å². The third kappa shape index (κ3) is 2.24. The Labute approximate surface area is 102 Å². The van der Waals surface area contributed by atoms with E-state index < -0.39 is 0 Å². The Morgan fingerprint density at radius 2 is 2.00 bits per heavy atom. The first kappa shape index (κ1) is 11.9. The van der Waals surface area contributed by atoms with Crippen molar-refractivity contribution in [3.63, 3.8) is 0 Å². The van der Waals surface area contributed by atoms with Gasteiger partial charge in [0, 0.05) is 5.56 Å². The van der Waals surface area contributed by atoms with Crippen molar-refractivity contribution in [2.75, 3.05) is 6.61 Å². The zero-order valence-corrected chi connectivity index (χ0v) is 10.5. The molecule has 1 atom stereocenters. The summed E-state index contributed by atoms with van der Waals surface area (Å²) in [7, 11) is 0. The highest BCUT2D eigenvalue weighted by Crippen LogP contribution is 2.26. The summed E-state index contributed by atoms with van der Waals surface area (Å²) >= 11 is 0. The number of aryl methyl sites for hydroxylation is 2. The van der Waals surface area contributed by atoms with E-state index in [9.17, 15) is 5.11 Å². The Morgan fingerprint density at radius 1 is 1.29 bits per heavy atom.